The summed E-state index contributed by atoms with van der Waals surface area (Å²) in [5.41, 5.74) is 4.29. The Bertz CT molecular complexity index is 545. The van der Waals surface area contributed by atoms with Crippen molar-refractivity contribution in [3.63, 3.8) is 0 Å². The number of hydrogen-bond donors (Lipinski definition) is 0. The lowest BCUT2D eigenvalue weighted by Crippen LogP contribution is -2.22. The van der Waals surface area contributed by atoms with E-state index in [-0.39, 0.29) is 6.29 Å². The van der Waals surface area contributed by atoms with E-state index in [9.17, 15) is 0 Å². The van der Waals surface area contributed by atoms with Crippen LogP contribution in [0.4, 0.5) is 0 Å². The quantitative estimate of drug-likeness (QED) is 0.852. The lowest BCUT2D eigenvalue weighted by molar-refractivity contribution is -0.169. The molecule has 1 unspecified atom stereocenters. The molecule has 1 aromatic carbocycles. The standard InChI is InChI=1S/C16H19NO3/c1-12-13(11-19-16-7-2-3-9-18-16)5-4-6-14(12)15-8-10-20-17-15/h4-6,8,10,16H,2-3,7,9,11H2,1H3. The third-order valence-corrected chi connectivity index (χ3v) is 3.72. The van der Waals surface area contributed by atoms with Crippen LogP contribution < -0.4 is 0 Å². The van der Waals surface area contributed by atoms with Crippen LogP contribution in [0.3, 0.4) is 0 Å². The fourth-order valence-corrected chi connectivity index (χ4v) is 2.49. The molecule has 2 aromatic rings. The van der Waals surface area contributed by atoms with Crippen molar-refractivity contribution in [2.24, 2.45) is 0 Å². The first-order valence-electron chi connectivity index (χ1n) is 7.07. The van der Waals surface area contributed by atoms with Crippen LogP contribution in [0.5, 0.6) is 0 Å². The summed E-state index contributed by atoms with van der Waals surface area (Å²) in [4.78, 5) is 0. The van der Waals surface area contributed by atoms with Crippen molar-refractivity contribution < 1.29 is 14.0 Å². The fourth-order valence-electron chi connectivity index (χ4n) is 2.49. The SMILES string of the molecule is Cc1c(COC2CCCCO2)cccc1-c1ccon1. The molecule has 1 saturated heterocycles. The zero-order valence-electron chi connectivity index (χ0n) is 11.7. The van der Waals surface area contributed by atoms with Crippen LogP contribution in [-0.4, -0.2) is 18.1 Å². The molecular weight excluding hydrogens is 254 g/mol. The number of benzene rings is 1. The molecule has 4 heteroatoms. The molecule has 1 fully saturated rings. The summed E-state index contributed by atoms with van der Waals surface area (Å²) in [5.74, 6) is 0. The van der Waals surface area contributed by atoms with Crippen LogP contribution >= 0.6 is 0 Å². The average Bonchev–Trinajstić information content (AvgIpc) is 3.01. The van der Waals surface area contributed by atoms with Gasteiger partial charge in [-0.2, -0.15) is 0 Å². The van der Waals surface area contributed by atoms with Crippen LogP contribution in [0.1, 0.15) is 30.4 Å². The van der Waals surface area contributed by atoms with Gasteiger partial charge in [0.25, 0.3) is 0 Å². The molecule has 1 aromatic heterocycles. The summed E-state index contributed by atoms with van der Waals surface area (Å²) in [6, 6.07) is 8.03. The van der Waals surface area contributed by atoms with Gasteiger partial charge in [-0.25, -0.2) is 0 Å². The van der Waals surface area contributed by atoms with Crippen molar-refractivity contribution in [3.05, 3.63) is 41.7 Å². The normalized spacial score (nSPS) is 19.1. The molecule has 0 bridgehead atoms. The van der Waals surface area contributed by atoms with Gasteiger partial charge in [-0.05, 0) is 37.3 Å². The topological polar surface area (TPSA) is 44.5 Å². The second kappa shape index (κ2) is 6.20. The number of aromatic nitrogens is 1. The zero-order valence-corrected chi connectivity index (χ0v) is 11.7. The van der Waals surface area contributed by atoms with Gasteiger partial charge in [0.15, 0.2) is 6.29 Å². The van der Waals surface area contributed by atoms with Crippen molar-refractivity contribution in [1.82, 2.24) is 5.16 Å². The van der Waals surface area contributed by atoms with Gasteiger partial charge in [-0.1, -0.05) is 23.4 Å². The van der Waals surface area contributed by atoms with Gasteiger partial charge >= 0.3 is 0 Å². The van der Waals surface area contributed by atoms with Gasteiger partial charge < -0.3 is 14.0 Å². The second-order valence-corrected chi connectivity index (χ2v) is 5.08. The molecule has 0 radical (unpaired) electrons. The molecule has 1 aliphatic rings. The minimum Gasteiger partial charge on any atom is -0.364 e. The molecule has 0 spiro atoms. The van der Waals surface area contributed by atoms with E-state index in [0.717, 1.165) is 30.7 Å². The lowest BCUT2D eigenvalue weighted by atomic mass is 10.0. The number of hydrogen-bond acceptors (Lipinski definition) is 4. The molecule has 2 heterocycles. The summed E-state index contributed by atoms with van der Waals surface area (Å²) in [7, 11) is 0. The van der Waals surface area contributed by atoms with E-state index < -0.39 is 0 Å². The highest BCUT2D eigenvalue weighted by Crippen LogP contribution is 2.25. The number of rotatable bonds is 4. The molecule has 1 aliphatic heterocycles. The summed E-state index contributed by atoms with van der Waals surface area (Å²) in [5, 5.41) is 4.00. The maximum atomic E-state index is 5.86. The molecule has 0 aliphatic carbocycles. The first kappa shape index (κ1) is 13.3. The highest BCUT2D eigenvalue weighted by atomic mass is 16.7. The molecule has 0 N–H and O–H groups in total. The van der Waals surface area contributed by atoms with Crippen LogP contribution in [0.15, 0.2) is 35.1 Å². The Kier molecular flexibility index (Phi) is 4.14. The molecule has 106 valence electrons. The third-order valence-electron chi connectivity index (χ3n) is 3.72. The molecule has 4 nitrogen and oxygen atoms in total. The molecule has 0 saturated carbocycles. The third kappa shape index (κ3) is 2.92. The van der Waals surface area contributed by atoms with E-state index in [4.69, 9.17) is 14.0 Å². The molecule has 0 amide bonds. The van der Waals surface area contributed by atoms with E-state index >= 15 is 0 Å². The van der Waals surface area contributed by atoms with Crippen molar-refractivity contribution >= 4 is 0 Å². The Labute approximate surface area is 118 Å². The van der Waals surface area contributed by atoms with Gasteiger partial charge in [-0.15, -0.1) is 0 Å². The minimum absolute atomic E-state index is 0.0566. The van der Waals surface area contributed by atoms with Gasteiger partial charge in [0.1, 0.15) is 12.0 Å². The molecular formula is C16H19NO3. The Morgan fingerprint density at radius 3 is 3.00 bits per heavy atom. The second-order valence-electron chi connectivity index (χ2n) is 5.08. The highest BCUT2D eigenvalue weighted by molar-refractivity contribution is 5.64. The zero-order chi connectivity index (χ0) is 13.8. The van der Waals surface area contributed by atoms with E-state index in [0.29, 0.717) is 6.61 Å². The van der Waals surface area contributed by atoms with Gasteiger partial charge in [0.2, 0.25) is 0 Å². The Morgan fingerprint density at radius 2 is 2.25 bits per heavy atom. The van der Waals surface area contributed by atoms with Crippen LogP contribution in [0.2, 0.25) is 0 Å². The summed E-state index contributed by atoms with van der Waals surface area (Å²) >= 11 is 0. The summed E-state index contributed by atoms with van der Waals surface area (Å²) in [6.07, 6.45) is 4.85. The minimum atomic E-state index is -0.0566. The van der Waals surface area contributed by atoms with Crippen molar-refractivity contribution in [2.75, 3.05) is 6.61 Å². The van der Waals surface area contributed by atoms with Crippen molar-refractivity contribution in [3.8, 4) is 11.3 Å². The Morgan fingerprint density at radius 1 is 1.30 bits per heavy atom. The molecule has 3 rings (SSSR count). The molecule has 1 atom stereocenters. The van der Waals surface area contributed by atoms with Crippen LogP contribution in [-0.2, 0) is 16.1 Å². The monoisotopic (exact) mass is 273 g/mol. The lowest BCUT2D eigenvalue weighted by Gasteiger charge is -2.23. The predicted molar refractivity (Wildman–Crippen MR) is 75.1 cm³/mol. The maximum absolute atomic E-state index is 5.86. The summed E-state index contributed by atoms with van der Waals surface area (Å²) in [6.45, 7) is 3.47. The van der Waals surface area contributed by atoms with E-state index in [2.05, 4.69) is 18.1 Å². The van der Waals surface area contributed by atoms with Gasteiger partial charge in [0.05, 0.1) is 6.61 Å². The first-order valence-corrected chi connectivity index (χ1v) is 7.07. The van der Waals surface area contributed by atoms with E-state index in [1.165, 1.54) is 17.5 Å². The van der Waals surface area contributed by atoms with E-state index in [1.807, 2.05) is 18.2 Å². The largest absolute Gasteiger partial charge is 0.364 e. The predicted octanol–water partition coefficient (Wildman–Crippen LogP) is 3.69. The molecule has 20 heavy (non-hydrogen) atoms. The highest BCUT2D eigenvalue weighted by Gasteiger charge is 2.15. The van der Waals surface area contributed by atoms with Crippen LogP contribution in [0.25, 0.3) is 11.3 Å². The fraction of sp³-hybridized carbons (Fsp3) is 0.438. The van der Waals surface area contributed by atoms with Crippen LogP contribution in [0, 0.1) is 6.92 Å². The number of ether oxygens (including phenoxy) is 2. The first-order chi connectivity index (χ1) is 9.84. The van der Waals surface area contributed by atoms with E-state index in [1.54, 1.807) is 6.26 Å². The van der Waals surface area contributed by atoms with Gasteiger partial charge in [0, 0.05) is 18.2 Å². The van der Waals surface area contributed by atoms with Crippen molar-refractivity contribution in [2.45, 2.75) is 39.1 Å². The average molecular weight is 273 g/mol. The van der Waals surface area contributed by atoms with Gasteiger partial charge in [-0.3, -0.25) is 0 Å². The summed E-state index contributed by atoms with van der Waals surface area (Å²) < 4.78 is 16.4. The number of nitrogens with zero attached hydrogens (tertiary/aromatic N) is 1. The van der Waals surface area contributed by atoms with Crippen molar-refractivity contribution in [1.29, 1.82) is 0 Å². The Hall–Kier alpha value is -1.65. The Balaban J connectivity index is 1.72. The smallest absolute Gasteiger partial charge is 0.158 e. The maximum Gasteiger partial charge on any atom is 0.158 e.